The van der Waals surface area contributed by atoms with Gasteiger partial charge in [0.15, 0.2) is 0 Å². The zero-order valence-electron chi connectivity index (χ0n) is 6.22. The van der Waals surface area contributed by atoms with Gasteiger partial charge in [0.2, 0.25) is 0 Å². The summed E-state index contributed by atoms with van der Waals surface area (Å²) in [4.78, 5) is 0. The Morgan fingerprint density at radius 3 is 3.00 bits per heavy atom. The number of rotatable bonds is 0. The van der Waals surface area contributed by atoms with Gasteiger partial charge in [0.25, 0.3) is 0 Å². The Kier molecular flexibility index (Phi) is 1.90. The van der Waals surface area contributed by atoms with E-state index in [2.05, 4.69) is 6.92 Å². The summed E-state index contributed by atoms with van der Waals surface area (Å²) in [6.45, 7) is 2.37. The Morgan fingerprint density at radius 1 is 1.40 bits per heavy atom. The second-order valence-electron chi connectivity index (χ2n) is 3.49. The summed E-state index contributed by atoms with van der Waals surface area (Å²) in [5, 5.41) is 0. The van der Waals surface area contributed by atoms with Crippen LogP contribution in [-0.2, 0) is 0 Å². The monoisotopic (exact) mass is 176 g/mol. The molecule has 0 aromatic carbocycles. The third-order valence-electron chi connectivity index (χ3n) is 2.97. The highest BCUT2D eigenvalue weighted by Crippen LogP contribution is 2.55. The molecule has 0 aromatic rings. The lowest BCUT2D eigenvalue weighted by atomic mass is 10.2. The third kappa shape index (κ3) is 1.18. The molecule has 0 spiro atoms. The van der Waals surface area contributed by atoms with Crippen molar-refractivity contribution in [3.05, 3.63) is 0 Å². The Bertz CT molecular complexity index is 137. The Morgan fingerprint density at radius 2 is 2.20 bits per heavy atom. The van der Waals surface area contributed by atoms with E-state index in [9.17, 15) is 0 Å². The Labute approximate surface area is 71.7 Å². The third-order valence-corrected chi connectivity index (χ3v) is 4.55. The van der Waals surface area contributed by atoms with Gasteiger partial charge in [-0.25, -0.2) is 0 Å². The van der Waals surface area contributed by atoms with Crippen molar-refractivity contribution in [2.24, 2.45) is 17.8 Å². The van der Waals surface area contributed by atoms with Gasteiger partial charge in [-0.1, -0.05) is 6.92 Å². The smallest absolute Gasteiger partial charge is 0.0791 e. The maximum atomic E-state index is 6.07. The van der Waals surface area contributed by atoms with E-state index in [4.69, 9.17) is 11.6 Å². The van der Waals surface area contributed by atoms with Crippen molar-refractivity contribution in [2.45, 2.75) is 24.5 Å². The molecule has 4 atom stereocenters. The van der Waals surface area contributed by atoms with Gasteiger partial charge in [-0.15, -0.1) is 23.4 Å². The summed E-state index contributed by atoms with van der Waals surface area (Å²) in [5.41, 5.74) is 0. The lowest BCUT2D eigenvalue weighted by Gasteiger charge is -2.04. The van der Waals surface area contributed by atoms with E-state index in [1.54, 1.807) is 0 Å². The van der Waals surface area contributed by atoms with Crippen LogP contribution >= 0.6 is 23.4 Å². The van der Waals surface area contributed by atoms with Crippen LogP contribution in [-0.4, -0.2) is 10.5 Å². The molecule has 0 radical (unpaired) electrons. The molecule has 2 unspecified atom stereocenters. The molecule has 1 heterocycles. The predicted molar refractivity (Wildman–Crippen MR) is 47.5 cm³/mol. The molecular formula is C8H13ClS. The second-order valence-corrected chi connectivity index (χ2v) is 5.59. The molecule has 58 valence electrons. The average molecular weight is 177 g/mol. The van der Waals surface area contributed by atoms with Crippen LogP contribution in [0.5, 0.6) is 0 Å². The van der Waals surface area contributed by atoms with Crippen LogP contribution in [0.15, 0.2) is 0 Å². The fraction of sp³-hybridized carbons (Fsp3) is 1.00. The second kappa shape index (κ2) is 2.60. The van der Waals surface area contributed by atoms with E-state index in [-0.39, 0.29) is 0 Å². The van der Waals surface area contributed by atoms with Crippen LogP contribution in [0.1, 0.15) is 19.8 Å². The first-order chi connectivity index (χ1) is 4.79. The minimum atomic E-state index is 0.417. The molecule has 0 N–H and O–H groups in total. The van der Waals surface area contributed by atoms with Crippen molar-refractivity contribution in [1.82, 2.24) is 0 Å². The van der Waals surface area contributed by atoms with Gasteiger partial charge >= 0.3 is 0 Å². The molecule has 2 heteroatoms. The Hall–Kier alpha value is 0.640. The Balaban J connectivity index is 1.95. The summed E-state index contributed by atoms with van der Waals surface area (Å²) < 4.78 is 0.417. The normalized spacial score (nSPS) is 53.4. The van der Waals surface area contributed by atoms with Gasteiger partial charge in [0.05, 0.1) is 4.71 Å². The summed E-state index contributed by atoms with van der Waals surface area (Å²) >= 11 is 8.01. The first-order valence-corrected chi connectivity index (χ1v) is 5.53. The zero-order chi connectivity index (χ0) is 7.14. The van der Waals surface area contributed by atoms with Crippen LogP contribution < -0.4 is 0 Å². The predicted octanol–water partition coefficient (Wildman–Crippen LogP) is 2.96. The topological polar surface area (TPSA) is 0 Å². The molecular weight excluding hydrogens is 164 g/mol. The molecule has 2 fully saturated rings. The van der Waals surface area contributed by atoms with Gasteiger partial charge < -0.3 is 0 Å². The summed E-state index contributed by atoms with van der Waals surface area (Å²) in [7, 11) is 0. The molecule has 1 saturated carbocycles. The van der Waals surface area contributed by atoms with Crippen molar-refractivity contribution < 1.29 is 0 Å². The maximum absolute atomic E-state index is 6.07. The highest BCUT2D eigenvalue weighted by atomic mass is 35.5. The molecule has 1 aliphatic heterocycles. The van der Waals surface area contributed by atoms with Crippen molar-refractivity contribution in [1.29, 1.82) is 0 Å². The molecule has 0 bridgehead atoms. The van der Waals surface area contributed by atoms with Crippen molar-refractivity contribution in [3.8, 4) is 0 Å². The van der Waals surface area contributed by atoms with E-state index >= 15 is 0 Å². The molecule has 0 aromatic heterocycles. The molecule has 0 amide bonds. The van der Waals surface area contributed by atoms with Gasteiger partial charge in [-0.05, 0) is 36.3 Å². The number of halogens is 1. The van der Waals surface area contributed by atoms with Crippen molar-refractivity contribution >= 4 is 23.4 Å². The van der Waals surface area contributed by atoms with E-state index < -0.39 is 0 Å². The fourth-order valence-electron chi connectivity index (χ4n) is 2.12. The standard InChI is InChI=1S/C8H13ClS/c1-5-6-2-3-10-8(9)4-7(5)6/h5-8H,2-4H2,1H3/t5?,6-,7-,8?/m1/s1. The van der Waals surface area contributed by atoms with Crippen LogP contribution in [0.3, 0.4) is 0 Å². The largest absolute Gasteiger partial charge is 0.142 e. The minimum absolute atomic E-state index is 0.417. The van der Waals surface area contributed by atoms with E-state index in [1.807, 2.05) is 11.8 Å². The SMILES string of the molecule is CC1[C@H]2CCSC(Cl)C[C@H]12. The van der Waals surface area contributed by atoms with Gasteiger partial charge in [0.1, 0.15) is 0 Å². The highest BCUT2D eigenvalue weighted by Gasteiger charge is 2.47. The highest BCUT2D eigenvalue weighted by molar-refractivity contribution is 8.01. The maximum Gasteiger partial charge on any atom is 0.0791 e. The number of thioether (sulfide) groups is 1. The summed E-state index contributed by atoms with van der Waals surface area (Å²) in [6.07, 6.45) is 2.68. The van der Waals surface area contributed by atoms with Crippen molar-refractivity contribution in [2.75, 3.05) is 5.75 Å². The molecule has 10 heavy (non-hydrogen) atoms. The lowest BCUT2D eigenvalue weighted by molar-refractivity contribution is 0.675. The average Bonchev–Trinajstić information content (AvgIpc) is 2.52. The van der Waals surface area contributed by atoms with Crippen LogP contribution in [0.2, 0.25) is 0 Å². The van der Waals surface area contributed by atoms with Gasteiger partial charge in [0, 0.05) is 0 Å². The van der Waals surface area contributed by atoms with Gasteiger partial charge in [-0.3, -0.25) is 0 Å². The van der Waals surface area contributed by atoms with E-state index in [0.717, 1.165) is 17.8 Å². The van der Waals surface area contributed by atoms with Crippen molar-refractivity contribution in [3.63, 3.8) is 0 Å². The van der Waals surface area contributed by atoms with Crippen LogP contribution in [0, 0.1) is 17.8 Å². The van der Waals surface area contributed by atoms with Crippen LogP contribution in [0.4, 0.5) is 0 Å². The molecule has 1 aliphatic carbocycles. The quantitative estimate of drug-likeness (QED) is 0.512. The summed E-state index contributed by atoms with van der Waals surface area (Å²) in [6, 6.07) is 0. The molecule has 2 rings (SSSR count). The zero-order valence-corrected chi connectivity index (χ0v) is 7.79. The number of alkyl halides is 1. The lowest BCUT2D eigenvalue weighted by Crippen LogP contribution is -1.93. The van der Waals surface area contributed by atoms with E-state index in [0.29, 0.717) is 4.71 Å². The minimum Gasteiger partial charge on any atom is -0.142 e. The van der Waals surface area contributed by atoms with E-state index in [1.165, 1.54) is 18.6 Å². The first-order valence-electron chi connectivity index (χ1n) is 4.04. The molecule has 2 aliphatic rings. The number of hydrogen-bond acceptors (Lipinski definition) is 1. The fourth-order valence-corrected chi connectivity index (χ4v) is 3.61. The number of hydrogen-bond donors (Lipinski definition) is 0. The van der Waals surface area contributed by atoms with Crippen LogP contribution in [0.25, 0.3) is 0 Å². The van der Waals surface area contributed by atoms with Gasteiger partial charge in [-0.2, -0.15) is 0 Å². The summed E-state index contributed by atoms with van der Waals surface area (Å²) in [5.74, 6) is 4.30. The first kappa shape index (κ1) is 7.30. The molecule has 0 nitrogen and oxygen atoms in total. The molecule has 1 saturated heterocycles. The number of fused-ring (bicyclic) bond motifs is 1.